The summed E-state index contributed by atoms with van der Waals surface area (Å²) in [6.45, 7) is 4.78. The first-order valence-electron chi connectivity index (χ1n) is 12.1. The van der Waals surface area contributed by atoms with Crippen LogP contribution in [0.3, 0.4) is 0 Å². The summed E-state index contributed by atoms with van der Waals surface area (Å²) in [7, 11) is 0. The highest BCUT2D eigenvalue weighted by molar-refractivity contribution is 7.15. The van der Waals surface area contributed by atoms with Crippen LogP contribution in [0, 0.1) is 13.8 Å². The van der Waals surface area contributed by atoms with Gasteiger partial charge >= 0.3 is 6.03 Å². The first-order valence-corrected chi connectivity index (χ1v) is 12.9. The maximum atomic E-state index is 13.9. The van der Waals surface area contributed by atoms with Gasteiger partial charge in [-0.3, -0.25) is 0 Å². The van der Waals surface area contributed by atoms with Crippen molar-refractivity contribution in [2.75, 3.05) is 5.32 Å². The van der Waals surface area contributed by atoms with Crippen LogP contribution >= 0.6 is 11.3 Å². The number of carbonyl (C=O) groups is 1. The molecule has 5 heteroatoms. The topological polar surface area (TPSA) is 37.3 Å². The van der Waals surface area contributed by atoms with Gasteiger partial charge < -0.3 is 14.8 Å². The van der Waals surface area contributed by atoms with Gasteiger partial charge in [0.05, 0.1) is 18.3 Å². The summed E-state index contributed by atoms with van der Waals surface area (Å²) in [5, 5.41) is 4.48. The SMILES string of the molecule is Cc1ccc(NC(=O)N2Cc3c(sc4c3CCCC4)-n3cccc3C2c2cccc(C)c2)cc1. The molecule has 2 aromatic carbocycles. The number of amides is 2. The van der Waals surface area contributed by atoms with Crippen LogP contribution in [0.4, 0.5) is 10.5 Å². The lowest BCUT2D eigenvalue weighted by atomic mass is 9.95. The Balaban J connectivity index is 1.50. The molecule has 3 heterocycles. The molecule has 2 amide bonds. The summed E-state index contributed by atoms with van der Waals surface area (Å²) in [4.78, 5) is 17.5. The first kappa shape index (κ1) is 21.2. The molecule has 0 bridgehead atoms. The first-order chi connectivity index (χ1) is 16.6. The lowest BCUT2D eigenvalue weighted by Crippen LogP contribution is -2.38. The van der Waals surface area contributed by atoms with Crippen LogP contribution in [-0.2, 0) is 19.4 Å². The number of urea groups is 1. The average molecular weight is 468 g/mol. The van der Waals surface area contributed by atoms with Gasteiger partial charge in [-0.05, 0) is 74.9 Å². The quantitative estimate of drug-likeness (QED) is 0.333. The highest BCUT2D eigenvalue weighted by Gasteiger charge is 2.36. The number of thiophene rings is 1. The fourth-order valence-corrected chi connectivity index (χ4v) is 6.81. The Morgan fingerprint density at radius 3 is 2.59 bits per heavy atom. The largest absolute Gasteiger partial charge is 0.322 e. The molecule has 2 aliphatic rings. The van der Waals surface area contributed by atoms with E-state index in [-0.39, 0.29) is 12.1 Å². The van der Waals surface area contributed by atoms with Crippen molar-refractivity contribution in [1.82, 2.24) is 9.47 Å². The summed E-state index contributed by atoms with van der Waals surface area (Å²) < 4.78 is 2.34. The molecule has 1 unspecified atom stereocenters. The number of carbonyl (C=O) groups excluding carboxylic acids is 1. The Morgan fingerprint density at radius 1 is 0.941 bits per heavy atom. The van der Waals surface area contributed by atoms with Crippen LogP contribution in [-0.4, -0.2) is 15.5 Å². The van der Waals surface area contributed by atoms with Gasteiger partial charge in [-0.2, -0.15) is 0 Å². The van der Waals surface area contributed by atoms with E-state index in [4.69, 9.17) is 0 Å². The van der Waals surface area contributed by atoms with Gasteiger partial charge in [0.2, 0.25) is 0 Å². The second-order valence-electron chi connectivity index (χ2n) is 9.54. The lowest BCUT2D eigenvalue weighted by molar-refractivity contribution is 0.194. The predicted octanol–water partition coefficient (Wildman–Crippen LogP) is 7.17. The Morgan fingerprint density at radius 2 is 1.76 bits per heavy atom. The summed E-state index contributed by atoms with van der Waals surface area (Å²) in [5.41, 5.74) is 8.29. The van der Waals surface area contributed by atoms with Gasteiger partial charge in [-0.15, -0.1) is 11.3 Å². The second-order valence-corrected chi connectivity index (χ2v) is 10.6. The standard InChI is InChI=1S/C29H29N3OS/c1-19-12-14-22(15-13-19)30-29(33)32-18-24-23-9-3-4-11-26(23)34-28(24)31-16-6-10-25(31)27(32)21-8-5-7-20(2)17-21/h5-8,10,12-17,27H,3-4,9,11,18H2,1-2H3,(H,30,33). The molecule has 0 saturated carbocycles. The third-order valence-electron chi connectivity index (χ3n) is 7.10. The number of aromatic nitrogens is 1. The van der Waals surface area contributed by atoms with E-state index in [1.54, 1.807) is 0 Å². The summed E-state index contributed by atoms with van der Waals surface area (Å²) >= 11 is 1.92. The number of anilines is 1. The van der Waals surface area contributed by atoms with Crippen molar-refractivity contribution in [3.05, 3.63) is 105 Å². The van der Waals surface area contributed by atoms with Gasteiger partial charge in [-0.25, -0.2) is 4.79 Å². The Bertz CT molecular complexity index is 1360. The maximum absolute atomic E-state index is 13.9. The average Bonchev–Trinajstić information content (AvgIpc) is 3.42. The summed E-state index contributed by atoms with van der Waals surface area (Å²) in [6.07, 6.45) is 6.92. The van der Waals surface area contributed by atoms with Gasteiger partial charge in [0.1, 0.15) is 5.00 Å². The molecule has 1 aliphatic carbocycles. The minimum Gasteiger partial charge on any atom is -0.310 e. The summed E-state index contributed by atoms with van der Waals surface area (Å²) in [5.74, 6) is 0. The van der Waals surface area contributed by atoms with E-state index in [0.29, 0.717) is 6.54 Å². The zero-order valence-electron chi connectivity index (χ0n) is 19.7. The highest BCUT2D eigenvalue weighted by atomic mass is 32.1. The number of hydrogen-bond acceptors (Lipinski definition) is 2. The van der Waals surface area contributed by atoms with E-state index in [2.05, 4.69) is 66.3 Å². The smallest absolute Gasteiger partial charge is 0.310 e. The number of benzene rings is 2. The van der Waals surface area contributed by atoms with E-state index >= 15 is 0 Å². The third kappa shape index (κ3) is 3.64. The molecule has 0 saturated heterocycles. The second kappa shape index (κ2) is 8.48. The number of nitrogens with one attached hydrogen (secondary N) is 1. The normalized spacial score (nSPS) is 16.9. The van der Waals surface area contributed by atoms with Crippen molar-refractivity contribution in [2.24, 2.45) is 0 Å². The van der Waals surface area contributed by atoms with E-state index in [9.17, 15) is 4.79 Å². The van der Waals surface area contributed by atoms with Crippen LogP contribution < -0.4 is 5.32 Å². The highest BCUT2D eigenvalue weighted by Crippen LogP contribution is 2.44. The van der Waals surface area contributed by atoms with Gasteiger partial charge in [0.15, 0.2) is 0 Å². The summed E-state index contributed by atoms with van der Waals surface area (Å²) in [6, 6.07) is 20.7. The van der Waals surface area contributed by atoms with E-state index in [1.807, 2.05) is 40.5 Å². The lowest BCUT2D eigenvalue weighted by Gasteiger charge is -2.31. The molecule has 172 valence electrons. The van der Waals surface area contributed by atoms with Gasteiger partial charge in [0.25, 0.3) is 0 Å². The fraction of sp³-hybridized carbons (Fsp3) is 0.276. The fourth-order valence-electron chi connectivity index (χ4n) is 5.41. The minimum absolute atomic E-state index is 0.0632. The number of fused-ring (bicyclic) bond motifs is 5. The Hall–Kier alpha value is -3.31. The molecule has 1 atom stereocenters. The van der Waals surface area contributed by atoms with Gasteiger partial charge in [0, 0.05) is 22.3 Å². The van der Waals surface area contributed by atoms with Crippen LogP contribution in [0.15, 0.2) is 66.9 Å². The van der Waals surface area contributed by atoms with Crippen molar-refractivity contribution in [3.8, 4) is 5.00 Å². The molecule has 0 fully saturated rings. The van der Waals surface area contributed by atoms with Crippen LogP contribution in [0.5, 0.6) is 0 Å². The molecule has 4 nitrogen and oxygen atoms in total. The Kier molecular flexibility index (Phi) is 5.30. The van der Waals surface area contributed by atoms with Crippen LogP contribution in [0.1, 0.15) is 57.3 Å². The zero-order chi connectivity index (χ0) is 23.2. The molecule has 4 aromatic rings. The van der Waals surface area contributed by atoms with Crippen LogP contribution in [0.25, 0.3) is 5.00 Å². The minimum atomic E-state index is -0.167. The monoisotopic (exact) mass is 467 g/mol. The molecule has 2 aromatic heterocycles. The number of hydrogen-bond donors (Lipinski definition) is 1. The molecule has 1 aliphatic heterocycles. The molecule has 0 spiro atoms. The van der Waals surface area contributed by atoms with Gasteiger partial charge in [-0.1, -0.05) is 47.5 Å². The van der Waals surface area contributed by atoms with Crippen molar-refractivity contribution in [1.29, 1.82) is 0 Å². The number of nitrogens with zero attached hydrogens (tertiary/aromatic N) is 2. The molecule has 0 radical (unpaired) electrons. The Labute approximate surface area is 204 Å². The van der Waals surface area contributed by atoms with Crippen molar-refractivity contribution in [2.45, 2.75) is 52.1 Å². The maximum Gasteiger partial charge on any atom is 0.322 e. The third-order valence-corrected chi connectivity index (χ3v) is 8.43. The van der Waals surface area contributed by atoms with E-state index in [0.717, 1.165) is 29.8 Å². The van der Waals surface area contributed by atoms with Crippen LogP contribution in [0.2, 0.25) is 0 Å². The van der Waals surface area contributed by atoms with Crippen molar-refractivity contribution >= 4 is 23.1 Å². The zero-order valence-corrected chi connectivity index (χ0v) is 20.5. The molecule has 6 rings (SSSR count). The molecule has 34 heavy (non-hydrogen) atoms. The number of aryl methyl sites for hydroxylation is 3. The number of rotatable bonds is 2. The van der Waals surface area contributed by atoms with Crippen molar-refractivity contribution < 1.29 is 4.79 Å². The molecular formula is C29H29N3OS. The van der Waals surface area contributed by atoms with E-state index < -0.39 is 0 Å². The van der Waals surface area contributed by atoms with E-state index in [1.165, 1.54) is 45.0 Å². The predicted molar refractivity (Wildman–Crippen MR) is 139 cm³/mol. The van der Waals surface area contributed by atoms with Crippen molar-refractivity contribution in [3.63, 3.8) is 0 Å². The molecular weight excluding hydrogens is 438 g/mol. The molecule has 1 N–H and O–H groups in total.